The molecule has 2 aliphatic rings. The number of nitrogens with one attached hydrogen (secondary N) is 1. The number of aromatic nitrogens is 2. The van der Waals surface area contributed by atoms with E-state index in [1.165, 1.54) is 44.6 Å². The molecule has 1 atom stereocenters. The van der Waals surface area contributed by atoms with E-state index in [2.05, 4.69) is 32.3 Å². The molecule has 128 valence electrons. The number of benzene rings is 1. The molecular formula is C18H23ClN4O. The molecule has 2 saturated heterocycles. The zero-order valence-corrected chi connectivity index (χ0v) is 14.5. The van der Waals surface area contributed by atoms with Crippen LogP contribution in [0.1, 0.15) is 18.4 Å². The summed E-state index contributed by atoms with van der Waals surface area (Å²) in [5.74, 6) is 1.32. The first-order chi connectivity index (χ1) is 11.3. The zero-order chi connectivity index (χ0) is 15.5. The van der Waals surface area contributed by atoms with Crippen LogP contribution in [0.25, 0.3) is 0 Å². The summed E-state index contributed by atoms with van der Waals surface area (Å²) in [7, 11) is 0. The van der Waals surface area contributed by atoms with Crippen molar-refractivity contribution in [1.29, 1.82) is 0 Å². The van der Waals surface area contributed by atoms with Crippen molar-refractivity contribution in [3.8, 4) is 11.6 Å². The minimum Gasteiger partial charge on any atom is -0.438 e. The van der Waals surface area contributed by atoms with Crippen LogP contribution in [0.4, 0.5) is 0 Å². The van der Waals surface area contributed by atoms with Crippen LogP contribution in [0.2, 0.25) is 0 Å². The molecule has 0 bridgehead atoms. The largest absolute Gasteiger partial charge is 0.438 e. The van der Waals surface area contributed by atoms with Crippen molar-refractivity contribution < 1.29 is 4.74 Å². The minimum absolute atomic E-state index is 0. The number of ether oxygens (including phenoxy) is 1. The third kappa shape index (κ3) is 3.86. The van der Waals surface area contributed by atoms with Gasteiger partial charge in [0, 0.05) is 32.0 Å². The number of rotatable bonds is 4. The molecule has 1 N–H and O–H groups in total. The van der Waals surface area contributed by atoms with Gasteiger partial charge in [0.05, 0.1) is 6.20 Å². The smallest absolute Gasteiger partial charge is 0.237 e. The fraction of sp³-hybridized carbons (Fsp3) is 0.444. The molecule has 6 heteroatoms. The van der Waals surface area contributed by atoms with Gasteiger partial charge in [-0.1, -0.05) is 12.1 Å². The van der Waals surface area contributed by atoms with Gasteiger partial charge in [0.2, 0.25) is 5.88 Å². The average Bonchev–Trinajstić information content (AvgIpc) is 3.21. The Labute approximate surface area is 148 Å². The van der Waals surface area contributed by atoms with Crippen molar-refractivity contribution in [2.45, 2.75) is 19.4 Å². The summed E-state index contributed by atoms with van der Waals surface area (Å²) < 4.78 is 5.68. The molecular weight excluding hydrogens is 324 g/mol. The Hall–Kier alpha value is -1.69. The zero-order valence-electron chi connectivity index (χ0n) is 13.6. The molecule has 2 fully saturated rings. The Bertz CT molecular complexity index is 644. The van der Waals surface area contributed by atoms with Gasteiger partial charge in [-0.3, -0.25) is 9.88 Å². The lowest BCUT2D eigenvalue weighted by atomic mass is 9.86. The van der Waals surface area contributed by atoms with Crippen LogP contribution in [-0.2, 0) is 6.54 Å². The lowest BCUT2D eigenvalue weighted by Gasteiger charge is -2.22. The molecule has 0 amide bonds. The van der Waals surface area contributed by atoms with Gasteiger partial charge in [-0.05, 0) is 49.0 Å². The molecule has 1 spiro atoms. The van der Waals surface area contributed by atoms with Crippen LogP contribution < -0.4 is 10.1 Å². The Morgan fingerprint density at radius 1 is 1.17 bits per heavy atom. The van der Waals surface area contributed by atoms with Crippen molar-refractivity contribution in [3.63, 3.8) is 0 Å². The minimum atomic E-state index is 0. The van der Waals surface area contributed by atoms with E-state index in [4.69, 9.17) is 4.74 Å². The number of likely N-dealkylation sites (tertiary alicyclic amines) is 1. The third-order valence-corrected chi connectivity index (χ3v) is 4.94. The van der Waals surface area contributed by atoms with E-state index in [0.29, 0.717) is 11.3 Å². The maximum Gasteiger partial charge on any atom is 0.237 e. The first-order valence-electron chi connectivity index (χ1n) is 8.27. The molecule has 2 aliphatic heterocycles. The molecule has 24 heavy (non-hydrogen) atoms. The topological polar surface area (TPSA) is 50.3 Å². The van der Waals surface area contributed by atoms with Crippen molar-refractivity contribution in [2.75, 3.05) is 26.2 Å². The van der Waals surface area contributed by atoms with Crippen molar-refractivity contribution in [3.05, 3.63) is 48.4 Å². The van der Waals surface area contributed by atoms with E-state index in [9.17, 15) is 0 Å². The Morgan fingerprint density at radius 2 is 2.04 bits per heavy atom. The summed E-state index contributed by atoms with van der Waals surface area (Å²) in [5, 5.41) is 3.52. The van der Waals surface area contributed by atoms with Crippen molar-refractivity contribution >= 4 is 12.4 Å². The highest BCUT2D eigenvalue weighted by molar-refractivity contribution is 5.85. The molecule has 0 saturated carbocycles. The summed E-state index contributed by atoms with van der Waals surface area (Å²) >= 11 is 0. The standard InChI is InChI=1S/C18H22N4O.ClH/c1-3-16(23-17-11-19-8-9-21-17)4-2-15(1)12-22-10-6-18(14-22)5-7-20-13-18;/h1-4,8-9,11,20H,5-7,10,12-14H2;1H. The van der Waals surface area contributed by atoms with Gasteiger partial charge in [-0.25, -0.2) is 4.98 Å². The maximum absolute atomic E-state index is 5.68. The highest BCUT2D eigenvalue weighted by atomic mass is 35.5. The Morgan fingerprint density at radius 3 is 2.75 bits per heavy atom. The highest BCUT2D eigenvalue weighted by Gasteiger charge is 2.39. The van der Waals surface area contributed by atoms with Gasteiger partial charge in [0.15, 0.2) is 0 Å². The molecule has 5 nitrogen and oxygen atoms in total. The fourth-order valence-corrected chi connectivity index (χ4v) is 3.69. The van der Waals surface area contributed by atoms with Crippen LogP contribution in [0.15, 0.2) is 42.9 Å². The summed E-state index contributed by atoms with van der Waals surface area (Å²) in [5.41, 5.74) is 1.87. The predicted molar refractivity (Wildman–Crippen MR) is 95.6 cm³/mol. The van der Waals surface area contributed by atoms with Crippen LogP contribution in [0.5, 0.6) is 11.6 Å². The fourth-order valence-electron chi connectivity index (χ4n) is 3.69. The highest BCUT2D eigenvalue weighted by Crippen LogP contribution is 2.36. The van der Waals surface area contributed by atoms with Gasteiger partial charge in [-0.2, -0.15) is 0 Å². The molecule has 4 rings (SSSR count). The second-order valence-electron chi connectivity index (χ2n) is 6.68. The molecule has 0 radical (unpaired) electrons. The van der Waals surface area contributed by atoms with E-state index in [1.54, 1.807) is 18.6 Å². The number of halogens is 1. The third-order valence-electron chi connectivity index (χ3n) is 4.94. The summed E-state index contributed by atoms with van der Waals surface area (Å²) in [6.45, 7) is 5.82. The van der Waals surface area contributed by atoms with Crippen LogP contribution in [-0.4, -0.2) is 41.0 Å². The van der Waals surface area contributed by atoms with Gasteiger partial charge < -0.3 is 10.1 Å². The van der Waals surface area contributed by atoms with Crippen LogP contribution in [0.3, 0.4) is 0 Å². The first-order valence-corrected chi connectivity index (χ1v) is 8.27. The van der Waals surface area contributed by atoms with E-state index in [1.807, 2.05) is 12.1 Å². The van der Waals surface area contributed by atoms with Gasteiger partial charge in [0.1, 0.15) is 5.75 Å². The van der Waals surface area contributed by atoms with Crippen molar-refractivity contribution in [1.82, 2.24) is 20.2 Å². The van der Waals surface area contributed by atoms with Gasteiger partial charge in [0.25, 0.3) is 0 Å². The van der Waals surface area contributed by atoms with Gasteiger partial charge >= 0.3 is 0 Å². The second-order valence-corrected chi connectivity index (χ2v) is 6.68. The van der Waals surface area contributed by atoms with Crippen LogP contribution in [0, 0.1) is 5.41 Å². The Kier molecular flexibility index (Phi) is 5.33. The SMILES string of the molecule is Cl.c1cnc(Oc2ccc(CN3CCC4(CCNC4)C3)cc2)cn1. The molecule has 3 heterocycles. The quantitative estimate of drug-likeness (QED) is 0.922. The van der Waals surface area contributed by atoms with E-state index in [-0.39, 0.29) is 12.4 Å². The normalized spacial score (nSPS) is 23.3. The first kappa shape index (κ1) is 17.1. The van der Waals surface area contributed by atoms with Crippen LogP contribution >= 0.6 is 12.4 Å². The molecule has 1 unspecified atom stereocenters. The van der Waals surface area contributed by atoms with E-state index in [0.717, 1.165) is 12.3 Å². The maximum atomic E-state index is 5.68. The molecule has 2 aromatic rings. The lowest BCUT2D eigenvalue weighted by Crippen LogP contribution is -2.28. The monoisotopic (exact) mass is 346 g/mol. The summed E-state index contributed by atoms with van der Waals surface area (Å²) in [4.78, 5) is 10.7. The molecule has 0 aliphatic carbocycles. The number of hydrogen-bond acceptors (Lipinski definition) is 5. The number of nitrogens with zero attached hydrogens (tertiary/aromatic N) is 3. The predicted octanol–water partition coefficient (Wildman–Crippen LogP) is 2.88. The average molecular weight is 347 g/mol. The Balaban J connectivity index is 0.00000169. The van der Waals surface area contributed by atoms with Crippen molar-refractivity contribution in [2.24, 2.45) is 5.41 Å². The second kappa shape index (κ2) is 7.47. The van der Waals surface area contributed by atoms with E-state index >= 15 is 0 Å². The molecule has 1 aromatic heterocycles. The summed E-state index contributed by atoms with van der Waals surface area (Å²) in [6.07, 6.45) is 7.54. The van der Waals surface area contributed by atoms with Gasteiger partial charge in [-0.15, -0.1) is 12.4 Å². The summed E-state index contributed by atoms with van der Waals surface area (Å²) in [6, 6.07) is 8.30. The number of hydrogen-bond donors (Lipinski definition) is 1. The lowest BCUT2D eigenvalue weighted by molar-refractivity contribution is 0.268. The van der Waals surface area contributed by atoms with E-state index < -0.39 is 0 Å². The molecule has 1 aromatic carbocycles.